The molecule has 274 valence electrons. The van der Waals surface area contributed by atoms with Crippen molar-refractivity contribution in [3.05, 3.63) is 212 Å². The standard InChI is InChI=1S/C55H35N3Si/c1-2-14-39(15-3-1)53-56-54(40-30-25-37(26-31-40)43-34-27-36-13-4-5-16-42(36)35-43)58-55(57-53)41-32-28-38(29-33-41)44-20-12-24-51-52(44)47-19-8-11-23-50(47)59(51)48-21-9-6-17-45(48)46-18-7-10-22-49(46)59/h1-35H. The maximum Gasteiger partial charge on any atom is 0.182 e. The number of hydrogen-bond donors (Lipinski definition) is 0. The van der Waals surface area contributed by atoms with Crippen LogP contribution < -0.4 is 20.7 Å². The van der Waals surface area contributed by atoms with Gasteiger partial charge in [0.15, 0.2) is 25.5 Å². The molecule has 4 heteroatoms. The fourth-order valence-corrected chi connectivity index (χ4v) is 15.3. The highest BCUT2D eigenvalue weighted by Crippen LogP contribution is 2.40. The highest BCUT2D eigenvalue weighted by Gasteiger charge is 2.54. The lowest BCUT2D eigenvalue weighted by Crippen LogP contribution is -2.70. The summed E-state index contributed by atoms with van der Waals surface area (Å²) in [7, 11) is -2.52. The van der Waals surface area contributed by atoms with Crippen molar-refractivity contribution >= 4 is 39.6 Å². The van der Waals surface area contributed by atoms with Crippen LogP contribution in [0.25, 0.3) is 89.4 Å². The Morgan fingerprint density at radius 1 is 0.254 bits per heavy atom. The van der Waals surface area contributed by atoms with E-state index in [-0.39, 0.29) is 0 Å². The number of nitrogens with zero attached hydrogens (tertiary/aromatic N) is 3. The van der Waals surface area contributed by atoms with Gasteiger partial charge in [0.05, 0.1) is 0 Å². The zero-order chi connectivity index (χ0) is 38.9. The van der Waals surface area contributed by atoms with Gasteiger partial charge in [-0.25, -0.2) is 15.0 Å². The molecular weight excluding hydrogens is 731 g/mol. The van der Waals surface area contributed by atoms with Gasteiger partial charge in [-0.2, -0.15) is 0 Å². The molecule has 0 unspecified atom stereocenters. The summed E-state index contributed by atoms with van der Waals surface area (Å²) in [6.45, 7) is 0. The Hall–Kier alpha value is -7.53. The molecule has 9 aromatic carbocycles. The molecular formula is C55H35N3Si. The molecule has 2 aliphatic heterocycles. The summed E-state index contributed by atoms with van der Waals surface area (Å²) in [5, 5.41) is 8.40. The quantitative estimate of drug-likeness (QED) is 0.164. The van der Waals surface area contributed by atoms with E-state index < -0.39 is 8.07 Å². The van der Waals surface area contributed by atoms with Gasteiger partial charge in [0.2, 0.25) is 0 Å². The summed E-state index contributed by atoms with van der Waals surface area (Å²) in [6, 6.07) is 77.0. The van der Waals surface area contributed by atoms with Crippen LogP contribution in [-0.2, 0) is 0 Å². The van der Waals surface area contributed by atoms with Gasteiger partial charge in [-0.05, 0) is 82.1 Å². The van der Waals surface area contributed by atoms with Gasteiger partial charge < -0.3 is 0 Å². The molecule has 12 rings (SSSR count). The van der Waals surface area contributed by atoms with Crippen LogP contribution in [0.3, 0.4) is 0 Å². The maximum absolute atomic E-state index is 5.11. The Balaban J connectivity index is 0.953. The molecule has 2 aliphatic rings. The highest BCUT2D eigenvalue weighted by molar-refractivity contribution is 7.24. The van der Waals surface area contributed by atoms with E-state index in [1.54, 1.807) is 0 Å². The van der Waals surface area contributed by atoms with Crippen LogP contribution in [0.1, 0.15) is 0 Å². The molecule has 3 nitrogen and oxygen atoms in total. The molecule has 3 heterocycles. The predicted molar refractivity (Wildman–Crippen MR) is 246 cm³/mol. The Kier molecular flexibility index (Phi) is 7.56. The largest absolute Gasteiger partial charge is 0.208 e. The average molecular weight is 766 g/mol. The summed E-state index contributed by atoms with van der Waals surface area (Å²) in [6.07, 6.45) is 0. The van der Waals surface area contributed by atoms with Crippen LogP contribution in [0.15, 0.2) is 212 Å². The van der Waals surface area contributed by atoms with E-state index in [1.165, 1.54) is 70.5 Å². The lowest BCUT2D eigenvalue weighted by molar-refractivity contribution is 1.07. The van der Waals surface area contributed by atoms with Gasteiger partial charge in [-0.15, -0.1) is 0 Å². The van der Waals surface area contributed by atoms with Crippen molar-refractivity contribution in [2.45, 2.75) is 0 Å². The summed E-state index contributed by atoms with van der Waals surface area (Å²) in [5.74, 6) is 1.94. The lowest BCUT2D eigenvalue weighted by Gasteiger charge is -2.27. The molecule has 0 saturated carbocycles. The van der Waals surface area contributed by atoms with Crippen molar-refractivity contribution in [1.29, 1.82) is 0 Å². The molecule has 0 atom stereocenters. The molecule has 0 fully saturated rings. The van der Waals surface area contributed by atoms with E-state index in [1.807, 2.05) is 18.2 Å². The zero-order valence-electron chi connectivity index (χ0n) is 32.0. The van der Waals surface area contributed by atoms with Gasteiger partial charge in [-0.1, -0.05) is 206 Å². The molecule has 10 aromatic rings. The van der Waals surface area contributed by atoms with Crippen LogP contribution in [0.2, 0.25) is 0 Å². The number of rotatable bonds is 5. The second-order valence-corrected chi connectivity index (χ2v) is 19.2. The van der Waals surface area contributed by atoms with Crippen LogP contribution in [0.5, 0.6) is 0 Å². The van der Waals surface area contributed by atoms with Crippen molar-refractivity contribution < 1.29 is 0 Å². The second kappa shape index (κ2) is 13.3. The van der Waals surface area contributed by atoms with E-state index in [4.69, 9.17) is 15.0 Å². The minimum atomic E-state index is -2.52. The van der Waals surface area contributed by atoms with Crippen molar-refractivity contribution in [1.82, 2.24) is 15.0 Å². The van der Waals surface area contributed by atoms with Gasteiger partial charge in [0, 0.05) is 16.7 Å². The molecule has 59 heavy (non-hydrogen) atoms. The van der Waals surface area contributed by atoms with Gasteiger partial charge >= 0.3 is 0 Å². The Morgan fingerprint density at radius 3 is 1.31 bits per heavy atom. The first kappa shape index (κ1) is 33.6. The second-order valence-electron chi connectivity index (χ2n) is 15.5. The Labute approximate surface area is 344 Å². The first-order valence-corrected chi connectivity index (χ1v) is 22.2. The van der Waals surface area contributed by atoms with Crippen molar-refractivity contribution in [3.8, 4) is 78.7 Å². The zero-order valence-corrected chi connectivity index (χ0v) is 33.0. The van der Waals surface area contributed by atoms with Gasteiger partial charge in [0.25, 0.3) is 0 Å². The number of fused-ring (bicyclic) bond motifs is 11. The Bertz CT molecular complexity index is 3220. The van der Waals surface area contributed by atoms with E-state index in [2.05, 4.69) is 194 Å². The summed E-state index contributed by atoms with van der Waals surface area (Å²) >= 11 is 0. The first-order valence-electron chi connectivity index (χ1n) is 20.2. The highest BCUT2D eigenvalue weighted by atomic mass is 28.3. The van der Waals surface area contributed by atoms with Crippen molar-refractivity contribution in [2.75, 3.05) is 0 Å². The third kappa shape index (κ3) is 5.17. The third-order valence-corrected chi connectivity index (χ3v) is 17.3. The van der Waals surface area contributed by atoms with Gasteiger partial charge in [0.1, 0.15) is 0 Å². The summed E-state index contributed by atoms with van der Waals surface area (Å²) in [5.41, 5.74) is 13.0. The van der Waals surface area contributed by atoms with Crippen LogP contribution in [-0.4, -0.2) is 23.0 Å². The summed E-state index contributed by atoms with van der Waals surface area (Å²) < 4.78 is 0. The van der Waals surface area contributed by atoms with Crippen molar-refractivity contribution in [3.63, 3.8) is 0 Å². The fraction of sp³-hybridized carbons (Fsp3) is 0. The van der Waals surface area contributed by atoms with E-state index in [9.17, 15) is 0 Å². The molecule has 0 aliphatic carbocycles. The van der Waals surface area contributed by atoms with Crippen LogP contribution in [0, 0.1) is 0 Å². The monoisotopic (exact) mass is 765 g/mol. The molecule has 0 radical (unpaired) electrons. The van der Waals surface area contributed by atoms with E-state index in [0.29, 0.717) is 17.5 Å². The molecule has 0 saturated heterocycles. The maximum atomic E-state index is 5.11. The molecule has 1 aromatic heterocycles. The number of hydrogen-bond acceptors (Lipinski definition) is 3. The van der Waals surface area contributed by atoms with E-state index in [0.717, 1.165) is 22.3 Å². The molecule has 0 bridgehead atoms. The van der Waals surface area contributed by atoms with Crippen LogP contribution >= 0.6 is 0 Å². The summed E-state index contributed by atoms with van der Waals surface area (Å²) in [4.78, 5) is 15.2. The third-order valence-electron chi connectivity index (χ3n) is 12.4. The molecule has 0 N–H and O–H groups in total. The topological polar surface area (TPSA) is 38.7 Å². The van der Waals surface area contributed by atoms with Crippen molar-refractivity contribution in [2.24, 2.45) is 0 Å². The van der Waals surface area contributed by atoms with Crippen LogP contribution in [0.4, 0.5) is 0 Å². The minimum absolute atomic E-state index is 0.646. The van der Waals surface area contributed by atoms with E-state index >= 15 is 0 Å². The van der Waals surface area contributed by atoms with Gasteiger partial charge in [-0.3, -0.25) is 0 Å². The minimum Gasteiger partial charge on any atom is -0.208 e. The Morgan fingerprint density at radius 2 is 0.678 bits per heavy atom. The number of aromatic nitrogens is 3. The average Bonchev–Trinajstić information content (AvgIpc) is 3.79. The molecule has 0 amide bonds. The predicted octanol–water partition coefficient (Wildman–Crippen LogP) is 10.7. The first-order chi connectivity index (χ1) is 29.2. The fourth-order valence-electron chi connectivity index (χ4n) is 9.71. The number of benzene rings is 9. The molecule has 1 spiro atoms. The normalized spacial score (nSPS) is 12.9. The lowest BCUT2D eigenvalue weighted by atomic mass is 9.94. The SMILES string of the molecule is c1ccc(-c2nc(-c3ccc(-c4ccc5ccccc5c4)cc3)nc(-c3ccc(-c4cccc5c4-c4ccccc4[Si]54c5ccccc5-c5ccccc54)cc3)n2)cc1. The smallest absolute Gasteiger partial charge is 0.182 e.